The van der Waals surface area contributed by atoms with E-state index in [9.17, 15) is 4.79 Å². The molecule has 7 heteroatoms. The number of aryl methyl sites for hydroxylation is 3. The minimum absolute atomic E-state index is 0.146. The number of rotatable bonds is 7. The summed E-state index contributed by atoms with van der Waals surface area (Å²) in [5.74, 6) is 0.146. The van der Waals surface area contributed by atoms with Gasteiger partial charge in [-0.2, -0.15) is 5.10 Å². The first-order valence-electron chi connectivity index (χ1n) is 11.4. The zero-order chi connectivity index (χ0) is 21.5. The molecule has 0 radical (unpaired) electrons. The van der Waals surface area contributed by atoms with Crippen molar-refractivity contribution in [1.29, 1.82) is 0 Å². The van der Waals surface area contributed by atoms with Crippen LogP contribution in [0.1, 0.15) is 71.2 Å². The lowest BCUT2D eigenvalue weighted by Gasteiger charge is -2.22. The number of nitrogens with one attached hydrogen (secondary N) is 1. The molecule has 1 saturated carbocycles. The molecule has 6 nitrogen and oxygen atoms in total. The molecule has 31 heavy (non-hydrogen) atoms. The molecule has 1 aliphatic carbocycles. The van der Waals surface area contributed by atoms with E-state index in [1.807, 2.05) is 15.9 Å². The number of carbonyl (C=O) groups excluding carboxylic acids is 1. The number of hydrogen-bond donors (Lipinski definition) is 1. The van der Waals surface area contributed by atoms with Crippen molar-refractivity contribution < 1.29 is 4.79 Å². The third kappa shape index (κ3) is 4.26. The Morgan fingerprint density at radius 3 is 2.84 bits per heavy atom. The van der Waals surface area contributed by atoms with E-state index in [0.29, 0.717) is 24.9 Å². The lowest BCUT2D eigenvalue weighted by Crippen LogP contribution is -2.25. The second kappa shape index (κ2) is 8.36. The number of nitrogens with zero attached hydrogens (tertiary/aromatic N) is 4. The van der Waals surface area contributed by atoms with Crippen molar-refractivity contribution in [3.8, 4) is 0 Å². The minimum atomic E-state index is 0.146. The maximum atomic E-state index is 12.2. The molecular weight excluding hydrogens is 406 g/mol. The third-order valence-electron chi connectivity index (χ3n) is 6.75. The number of hydrogen-bond acceptors (Lipinski definition) is 5. The molecule has 0 aromatic carbocycles. The van der Waals surface area contributed by atoms with Crippen LogP contribution in [0.3, 0.4) is 0 Å². The van der Waals surface area contributed by atoms with Crippen molar-refractivity contribution in [3.05, 3.63) is 50.6 Å². The van der Waals surface area contributed by atoms with Crippen LogP contribution in [0.5, 0.6) is 0 Å². The SMILES string of the molecule is Cc1ccsc1CN1CCC[C@H]1c1cc2nc(C)c(CCC(=O)NC3CC3)c(C)n2n1. The van der Waals surface area contributed by atoms with Crippen molar-refractivity contribution in [2.75, 3.05) is 6.54 Å². The number of thiophene rings is 1. The fraction of sp³-hybridized carbons (Fsp3) is 0.542. The van der Waals surface area contributed by atoms with E-state index < -0.39 is 0 Å². The summed E-state index contributed by atoms with van der Waals surface area (Å²) in [4.78, 5) is 21.0. The van der Waals surface area contributed by atoms with Crippen molar-refractivity contribution in [1.82, 2.24) is 24.8 Å². The van der Waals surface area contributed by atoms with Crippen LogP contribution in [0.2, 0.25) is 0 Å². The summed E-state index contributed by atoms with van der Waals surface area (Å²) in [5.41, 5.74) is 6.67. The van der Waals surface area contributed by atoms with Gasteiger partial charge in [0.05, 0.1) is 11.7 Å². The second-order valence-electron chi connectivity index (χ2n) is 9.10. The first-order valence-corrected chi connectivity index (χ1v) is 12.3. The Hall–Kier alpha value is -2.25. The minimum Gasteiger partial charge on any atom is -0.353 e. The van der Waals surface area contributed by atoms with Crippen LogP contribution in [0.25, 0.3) is 5.65 Å². The lowest BCUT2D eigenvalue weighted by atomic mass is 10.1. The van der Waals surface area contributed by atoms with Gasteiger partial charge in [-0.25, -0.2) is 9.50 Å². The molecule has 3 aromatic heterocycles. The second-order valence-corrected chi connectivity index (χ2v) is 10.1. The highest BCUT2D eigenvalue weighted by atomic mass is 32.1. The van der Waals surface area contributed by atoms with E-state index in [1.165, 1.54) is 16.9 Å². The van der Waals surface area contributed by atoms with Crippen LogP contribution in [-0.2, 0) is 17.8 Å². The van der Waals surface area contributed by atoms with Crippen LogP contribution in [0, 0.1) is 20.8 Å². The summed E-state index contributed by atoms with van der Waals surface area (Å²) < 4.78 is 1.99. The molecule has 164 valence electrons. The van der Waals surface area contributed by atoms with Gasteiger partial charge in [0.15, 0.2) is 5.65 Å². The molecule has 0 unspecified atom stereocenters. The van der Waals surface area contributed by atoms with Crippen LogP contribution < -0.4 is 5.32 Å². The Morgan fingerprint density at radius 2 is 2.10 bits per heavy atom. The quantitative estimate of drug-likeness (QED) is 0.600. The van der Waals surface area contributed by atoms with E-state index in [-0.39, 0.29) is 5.91 Å². The summed E-state index contributed by atoms with van der Waals surface area (Å²) in [6.07, 6.45) is 5.81. The molecule has 1 atom stereocenters. The van der Waals surface area contributed by atoms with E-state index >= 15 is 0 Å². The number of fused-ring (bicyclic) bond motifs is 1. The van der Waals surface area contributed by atoms with Gasteiger partial charge in [0.25, 0.3) is 0 Å². The van der Waals surface area contributed by atoms with Crippen LogP contribution in [-0.4, -0.2) is 38.0 Å². The van der Waals surface area contributed by atoms with Crippen molar-refractivity contribution in [2.45, 2.75) is 77.9 Å². The average Bonchev–Trinajstić information content (AvgIpc) is 3.11. The van der Waals surface area contributed by atoms with Crippen LogP contribution in [0.4, 0.5) is 0 Å². The Kier molecular flexibility index (Phi) is 5.56. The van der Waals surface area contributed by atoms with Crippen LogP contribution >= 0.6 is 11.3 Å². The standard InChI is InChI=1S/C24H31N5OS/c1-15-10-12-31-22(15)14-28-11-4-5-21(28)20-13-23-25-16(2)19(17(3)29(23)27-20)8-9-24(30)26-18-6-7-18/h10,12-13,18,21H,4-9,11,14H2,1-3H3,(H,26,30)/t21-/m0/s1. The highest BCUT2D eigenvalue weighted by Gasteiger charge is 2.29. The van der Waals surface area contributed by atoms with Crippen molar-refractivity contribution >= 4 is 22.9 Å². The summed E-state index contributed by atoms with van der Waals surface area (Å²) in [7, 11) is 0. The predicted molar refractivity (Wildman–Crippen MR) is 123 cm³/mol. The number of amides is 1. The molecule has 5 rings (SSSR count). The molecule has 0 bridgehead atoms. The van der Waals surface area contributed by atoms with Gasteiger partial charge in [0, 0.05) is 41.3 Å². The molecule has 2 aliphatic rings. The molecule has 1 aliphatic heterocycles. The molecule has 1 N–H and O–H groups in total. The molecule has 2 fully saturated rings. The predicted octanol–water partition coefficient (Wildman–Crippen LogP) is 4.26. The Labute approximate surface area is 187 Å². The highest BCUT2D eigenvalue weighted by Crippen LogP contribution is 2.34. The first kappa shape index (κ1) is 20.6. The smallest absolute Gasteiger partial charge is 0.220 e. The summed E-state index contributed by atoms with van der Waals surface area (Å²) >= 11 is 1.85. The number of likely N-dealkylation sites (tertiary alicyclic amines) is 1. The summed E-state index contributed by atoms with van der Waals surface area (Å²) in [6.45, 7) is 8.46. The zero-order valence-electron chi connectivity index (χ0n) is 18.6. The van der Waals surface area contributed by atoms with Gasteiger partial charge in [-0.3, -0.25) is 9.69 Å². The maximum absolute atomic E-state index is 12.2. The number of aromatic nitrogens is 3. The summed E-state index contributed by atoms with van der Waals surface area (Å²) in [6, 6.07) is 5.12. The average molecular weight is 438 g/mol. The van der Waals surface area contributed by atoms with Gasteiger partial charge in [-0.1, -0.05) is 0 Å². The van der Waals surface area contributed by atoms with E-state index in [0.717, 1.165) is 60.6 Å². The molecule has 4 heterocycles. The Balaban J connectivity index is 1.37. The fourth-order valence-corrected chi connectivity index (χ4v) is 5.67. The lowest BCUT2D eigenvalue weighted by molar-refractivity contribution is -0.121. The topological polar surface area (TPSA) is 62.5 Å². The largest absolute Gasteiger partial charge is 0.353 e. The molecule has 0 spiro atoms. The normalized spacial score (nSPS) is 19.4. The monoisotopic (exact) mass is 437 g/mol. The van der Waals surface area contributed by atoms with Gasteiger partial charge in [-0.05, 0) is 82.0 Å². The van der Waals surface area contributed by atoms with E-state index in [2.05, 4.69) is 48.5 Å². The van der Waals surface area contributed by atoms with Gasteiger partial charge in [0.1, 0.15) is 0 Å². The first-order chi connectivity index (χ1) is 15.0. The van der Waals surface area contributed by atoms with Crippen molar-refractivity contribution in [2.24, 2.45) is 0 Å². The van der Waals surface area contributed by atoms with E-state index in [4.69, 9.17) is 10.1 Å². The molecule has 1 saturated heterocycles. The van der Waals surface area contributed by atoms with Gasteiger partial charge in [-0.15, -0.1) is 11.3 Å². The Bertz CT molecular complexity index is 1110. The molecular formula is C24H31N5OS. The maximum Gasteiger partial charge on any atom is 0.220 e. The summed E-state index contributed by atoms with van der Waals surface area (Å²) in [5, 5.41) is 10.3. The zero-order valence-corrected chi connectivity index (χ0v) is 19.5. The van der Waals surface area contributed by atoms with Gasteiger partial charge in [0.2, 0.25) is 5.91 Å². The van der Waals surface area contributed by atoms with Crippen molar-refractivity contribution in [3.63, 3.8) is 0 Å². The van der Waals surface area contributed by atoms with Gasteiger partial charge >= 0.3 is 0 Å². The van der Waals surface area contributed by atoms with Crippen LogP contribution in [0.15, 0.2) is 17.5 Å². The molecule has 3 aromatic rings. The fourth-order valence-electron chi connectivity index (χ4n) is 4.74. The third-order valence-corrected chi connectivity index (χ3v) is 7.76. The highest BCUT2D eigenvalue weighted by molar-refractivity contribution is 7.10. The van der Waals surface area contributed by atoms with E-state index in [1.54, 1.807) is 0 Å². The molecule has 1 amide bonds. The van der Waals surface area contributed by atoms with Gasteiger partial charge < -0.3 is 5.32 Å². The Morgan fingerprint density at radius 1 is 1.26 bits per heavy atom. The number of carbonyl (C=O) groups is 1.